The van der Waals surface area contributed by atoms with Crippen molar-refractivity contribution >= 4 is 5.91 Å². The highest BCUT2D eigenvalue weighted by molar-refractivity contribution is 5.83. The zero-order valence-electron chi connectivity index (χ0n) is 12.7. The number of ether oxygens (including phenoxy) is 1. The maximum atomic E-state index is 12.9. The van der Waals surface area contributed by atoms with Gasteiger partial charge in [0.25, 0.3) is 0 Å². The molecule has 114 valence electrons. The molecule has 0 radical (unpaired) electrons. The number of carbonyl (C=O) groups is 1. The van der Waals surface area contributed by atoms with E-state index in [9.17, 15) is 4.79 Å². The minimum atomic E-state index is -0.0489. The number of hydrogen-bond acceptors (Lipinski definition) is 4. The maximum Gasteiger partial charge on any atom is 0.240 e. The Kier molecular flexibility index (Phi) is 4.22. The van der Waals surface area contributed by atoms with Crippen LogP contribution in [-0.2, 0) is 16.1 Å². The smallest absolute Gasteiger partial charge is 0.240 e. The van der Waals surface area contributed by atoms with Gasteiger partial charge in [-0.25, -0.2) is 0 Å². The van der Waals surface area contributed by atoms with Crippen molar-refractivity contribution in [3.8, 4) is 0 Å². The Morgan fingerprint density at radius 3 is 2.90 bits per heavy atom. The lowest BCUT2D eigenvalue weighted by atomic mass is 10.1. The zero-order valence-corrected chi connectivity index (χ0v) is 12.7. The van der Waals surface area contributed by atoms with Crippen LogP contribution in [0.4, 0.5) is 0 Å². The van der Waals surface area contributed by atoms with Crippen molar-refractivity contribution in [2.75, 3.05) is 20.7 Å². The number of carbonyl (C=O) groups excluding carboxylic acids is 1. The first-order chi connectivity index (χ1) is 10.2. The average Bonchev–Trinajstić information content (AvgIpc) is 3.27. The molecule has 0 spiro atoms. The second-order valence-corrected chi connectivity index (χ2v) is 6.11. The van der Waals surface area contributed by atoms with E-state index in [1.807, 2.05) is 30.3 Å². The van der Waals surface area contributed by atoms with Crippen molar-refractivity contribution in [3.05, 3.63) is 30.1 Å². The number of amides is 1. The highest BCUT2D eigenvalue weighted by Gasteiger charge is 2.41. The van der Waals surface area contributed by atoms with Crippen molar-refractivity contribution in [3.63, 3.8) is 0 Å². The van der Waals surface area contributed by atoms with Gasteiger partial charge < -0.3 is 9.64 Å². The third-order valence-electron chi connectivity index (χ3n) is 4.47. The van der Waals surface area contributed by atoms with Gasteiger partial charge in [0.2, 0.25) is 5.91 Å². The number of methoxy groups -OCH3 is 1. The van der Waals surface area contributed by atoms with E-state index >= 15 is 0 Å². The molecule has 5 heteroatoms. The molecular formula is C16H23N3O2. The Labute approximate surface area is 125 Å². The van der Waals surface area contributed by atoms with E-state index in [4.69, 9.17) is 4.74 Å². The van der Waals surface area contributed by atoms with Gasteiger partial charge in [-0.2, -0.15) is 0 Å². The van der Waals surface area contributed by atoms with Crippen LogP contribution < -0.4 is 0 Å². The lowest BCUT2D eigenvalue weighted by molar-refractivity contribution is -0.136. The number of pyridine rings is 1. The molecule has 2 aliphatic rings. The molecule has 21 heavy (non-hydrogen) atoms. The van der Waals surface area contributed by atoms with Crippen molar-refractivity contribution < 1.29 is 9.53 Å². The van der Waals surface area contributed by atoms with Gasteiger partial charge in [-0.05, 0) is 37.9 Å². The fourth-order valence-corrected chi connectivity index (χ4v) is 3.06. The molecule has 0 unspecified atom stereocenters. The van der Waals surface area contributed by atoms with Gasteiger partial charge >= 0.3 is 0 Å². The molecule has 1 aliphatic carbocycles. The monoisotopic (exact) mass is 289 g/mol. The van der Waals surface area contributed by atoms with E-state index in [1.165, 1.54) is 0 Å². The number of nitrogens with zero attached hydrogens (tertiary/aromatic N) is 3. The summed E-state index contributed by atoms with van der Waals surface area (Å²) in [6.07, 6.45) is 6.82. The van der Waals surface area contributed by atoms with E-state index in [0.717, 1.165) is 31.4 Å². The van der Waals surface area contributed by atoms with Crippen molar-refractivity contribution in [2.45, 2.75) is 44.0 Å². The molecule has 1 saturated carbocycles. The van der Waals surface area contributed by atoms with Gasteiger partial charge in [-0.15, -0.1) is 0 Å². The summed E-state index contributed by atoms with van der Waals surface area (Å²) in [6, 6.07) is 4.32. The number of rotatable bonds is 5. The average molecular weight is 289 g/mol. The lowest BCUT2D eigenvalue weighted by Gasteiger charge is -2.28. The molecule has 2 heterocycles. The van der Waals surface area contributed by atoms with Crippen LogP contribution in [0, 0.1) is 0 Å². The van der Waals surface area contributed by atoms with Crippen LogP contribution in [-0.4, -0.2) is 59.6 Å². The fraction of sp³-hybridized carbons (Fsp3) is 0.625. The third-order valence-corrected chi connectivity index (χ3v) is 4.47. The molecule has 1 amide bonds. The Morgan fingerprint density at radius 2 is 2.33 bits per heavy atom. The summed E-state index contributed by atoms with van der Waals surface area (Å²) in [5.41, 5.74) is 1.10. The van der Waals surface area contributed by atoms with E-state index in [0.29, 0.717) is 12.6 Å². The van der Waals surface area contributed by atoms with Gasteiger partial charge in [-0.3, -0.25) is 14.7 Å². The molecule has 5 nitrogen and oxygen atoms in total. The Balaban J connectivity index is 1.70. The van der Waals surface area contributed by atoms with Crippen molar-refractivity contribution in [1.82, 2.24) is 14.8 Å². The van der Waals surface area contributed by atoms with Crippen LogP contribution in [0.25, 0.3) is 0 Å². The predicted octanol–water partition coefficient (Wildman–Crippen LogP) is 1.29. The second kappa shape index (κ2) is 6.12. The Hall–Kier alpha value is -1.46. The largest absolute Gasteiger partial charge is 0.380 e. The van der Waals surface area contributed by atoms with Crippen LogP contribution in [0.15, 0.2) is 24.5 Å². The third kappa shape index (κ3) is 3.24. The van der Waals surface area contributed by atoms with Crippen LogP contribution >= 0.6 is 0 Å². The van der Waals surface area contributed by atoms with E-state index in [1.54, 1.807) is 13.3 Å². The summed E-state index contributed by atoms with van der Waals surface area (Å²) in [4.78, 5) is 21.2. The van der Waals surface area contributed by atoms with Gasteiger partial charge in [-0.1, -0.05) is 6.07 Å². The van der Waals surface area contributed by atoms with E-state index in [2.05, 4.69) is 9.88 Å². The first-order valence-electron chi connectivity index (χ1n) is 7.61. The van der Waals surface area contributed by atoms with E-state index in [-0.39, 0.29) is 18.1 Å². The summed E-state index contributed by atoms with van der Waals surface area (Å²) in [6.45, 7) is 1.50. The SMILES string of the molecule is CO[C@H]1C[C@@H](C(=O)N(Cc2cccnc2)C2CC2)N(C)C1. The second-order valence-electron chi connectivity index (χ2n) is 6.11. The normalized spacial score (nSPS) is 26.0. The van der Waals surface area contributed by atoms with Crippen molar-refractivity contribution in [2.24, 2.45) is 0 Å². The molecule has 0 bridgehead atoms. The Bertz CT molecular complexity index is 490. The molecule has 1 aliphatic heterocycles. The number of hydrogen-bond donors (Lipinski definition) is 0. The minimum Gasteiger partial charge on any atom is -0.380 e. The molecule has 1 saturated heterocycles. The molecule has 3 rings (SSSR count). The molecule has 2 fully saturated rings. The molecule has 0 aromatic carbocycles. The lowest BCUT2D eigenvalue weighted by Crippen LogP contribution is -2.45. The van der Waals surface area contributed by atoms with Crippen LogP contribution in [0.1, 0.15) is 24.8 Å². The van der Waals surface area contributed by atoms with Crippen LogP contribution in [0.2, 0.25) is 0 Å². The number of likely N-dealkylation sites (tertiary alicyclic amines) is 1. The number of aromatic nitrogens is 1. The van der Waals surface area contributed by atoms with Gasteiger partial charge in [0.05, 0.1) is 12.1 Å². The van der Waals surface area contributed by atoms with Crippen molar-refractivity contribution in [1.29, 1.82) is 0 Å². The van der Waals surface area contributed by atoms with Crippen LogP contribution in [0.5, 0.6) is 0 Å². The fourth-order valence-electron chi connectivity index (χ4n) is 3.06. The first-order valence-corrected chi connectivity index (χ1v) is 7.61. The van der Waals surface area contributed by atoms with E-state index < -0.39 is 0 Å². The predicted molar refractivity (Wildman–Crippen MR) is 79.6 cm³/mol. The topological polar surface area (TPSA) is 45.7 Å². The zero-order chi connectivity index (χ0) is 14.8. The Morgan fingerprint density at radius 1 is 1.52 bits per heavy atom. The summed E-state index contributed by atoms with van der Waals surface area (Å²) >= 11 is 0. The minimum absolute atomic E-state index is 0.0489. The molecule has 0 N–H and O–H groups in total. The van der Waals surface area contributed by atoms with Gasteiger partial charge in [0.15, 0.2) is 0 Å². The highest BCUT2D eigenvalue weighted by Crippen LogP contribution is 2.31. The quantitative estimate of drug-likeness (QED) is 0.819. The molecular weight excluding hydrogens is 266 g/mol. The first kappa shape index (κ1) is 14.5. The molecule has 1 aromatic rings. The summed E-state index contributed by atoms with van der Waals surface area (Å²) < 4.78 is 5.41. The maximum absolute atomic E-state index is 12.9. The highest BCUT2D eigenvalue weighted by atomic mass is 16.5. The molecule has 1 aromatic heterocycles. The summed E-state index contributed by atoms with van der Waals surface area (Å²) in [7, 11) is 3.73. The molecule has 2 atom stereocenters. The summed E-state index contributed by atoms with van der Waals surface area (Å²) in [5, 5.41) is 0. The standard InChI is InChI=1S/C16H23N3O2/c1-18-11-14(21-2)8-15(18)16(20)19(13-5-6-13)10-12-4-3-7-17-9-12/h3-4,7,9,13-15H,5-6,8,10-11H2,1-2H3/t14-,15-/m0/s1. The number of likely N-dealkylation sites (N-methyl/N-ethyl adjacent to an activating group) is 1. The van der Waals surface area contributed by atoms with Gasteiger partial charge in [0.1, 0.15) is 0 Å². The van der Waals surface area contributed by atoms with Crippen LogP contribution in [0.3, 0.4) is 0 Å². The van der Waals surface area contributed by atoms with Gasteiger partial charge in [0, 0.05) is 38.6 Å². The summed E-state index contributed by atoms with van der Waals surface area (Å²) in [5.74, 6) is 0.239.